The first-order chi connectivity index (χ1) is 10.7. The highest BCUT2D eigenvalue weighted by molar-refractivity contribution is 6.60. The average Bonchev–Trinajstić information content (AvgIpc) is 2.34. The molecule has 0 amide bonds. The molecule has 0 aliphatic carbocycles. The Labute approximate surface area is 143 Å². The molecule has 0 rings (SSSR count). The fourth-order valence-electron chi connectivity index (χ4n) is 2.20. The third kappa shape index (κ3) is 12.5. The fraction of sp³-hybridized carbons (Fsp3) is 0.875. The SMILES string of the molecule is C=C(N)NCCNCCC[Si](OC(C)C)(OC(C)C)OC(C)C. The molecule has 0 heterocycles. The van der Waals surface area contributed by atoms with Crippen LogP contribution in [0.2, 0.25) is 6.04 Å². The van der Waals surface area contributed by atoms with Gasteiger partial charge in [0.05, 0.1) is 5.82 Å². The van der Waals surface area contributed by atoms with Crippen LogP contribution in [0.25, 0.3) is 0 Å². The largest absolute Gasteiger partial charge is 0.501 e. The Morgan fingerprint density at radius 3 is 1.78 bits per heavy atom. The smallest absolute Gasteiger partial charge is 0.386 e. The van der Waals surface area contributed by atoms with E-state index in [4.69, 9.17) is 19.0 Å². The third-order valence-corrected chi connectivity index (χ3v) is 6.19. The van der Waals surface area contributed by atoms with Crippen molar-refractivity contribution in [3.05, 3.63) is 12.4 Å². The molecule has 0 aromatic heterocycles. The quantitative estimate of drug-likeness (QED) is 0.330. The number of hydrogen-bond donors (Lipinski definition) is 3. The second-order valence-electron chi connectivity index (χ2n) is 6.49. The second kappa shape index (κ2) is 11.9. The third-order valence-electron chi connectivity index (χ3n) is 2.74. The van der Waals surface area contributed by atoms with Gasteiger partial charge < -0.3 is 29.6 Å². The molecular weight excluding hydrogens is 310 g/mol. The Hall–Kier alpha value is -0.603. The van der Waals surface area contributed by atoms with Crippen LogP contribution < -0.4 is 16.4 Å². The van der Waals surface area contributed by atoms with Crippen LogP contribution >= 0.6 is 0 Å². The summed E-state index contributed by atoms with van der Waals surface area (Å²) in [4.78, 5) is 0. The molecule has 0 fully saturated rings. The summed E-state index contributed by atoms with van der Waals surface area (Å²) in [6.07, 6.45) is 1.22. The zero-order valence-electron chi connectivity index (χ0n) is 15.8. The number of rotatable bonds is 14. The van der Waals surface area contributed by atoms with Crippen molar-refractivity contribution in [2.45, 2.75) is 72.3 Å². The lowest BCUT2D eigenvalue weighted by Gasteiger charge is -2.34. The van der Waals surface area contributed by atoms with Gasteiger partial charge in [0.1, 0.15) is 0 Å². The second-order valence-corrected chi connectivity index (χ2v) is 9.06. The van der Waals surface area contributed by atoms with Crippen LogP contribution in [0.15, 0.2) is 12.4 Å². The summed E-state index contributed by atoms with van der Waals surface area (Å²) in [5.74, 6) is 0.499. The summed E-state index contributed by atoms with van der Waals surface area (Å²) < 4.78 is 18.4. The molecule has 0 aliphatic heterocycles. The van der Waals surface area contributed by atoms with Gasteiger partial charge in [0.15, 0.2) is 0 Å². The van der Waals surface area contributed by atoms with Crippen LogP contribution in [0.3, 0.4) is 0 Å². The molecule has 0 spiro atoms. The summed E-state index contributed by atoms with van der Waals surface area (Å²) >= 11 is 0. The Morgan fingerprint density at radius 2 is 1.39 bits per heavy atom. The van der Waals surface area contributed by atoms with E-state index in [1.54, 1.807) is 0 Å². The van der Waals surface area contributed by atoms with Gasteiger partial charge in [-0.25, -0.2) is 0 Å². The molecule has 138 valence electrons. The van der Waals surface area contributed by atoms with Crippen LogP contribution in [-0.4, -0.2) is 46.8 Å². The maximum atomic E-state index is 6.14. The minimum Gasteiger partial charge on any atom is -0.386 e. The standard InChI is InChI=1S/C16H37N3O3Si/c1-13(2)20-23(21-14(3)4,22-15(5)6)12-8-9-18-10-11-19-16(7)17/h13-15,18-19H,7-12,17H2,1-6H3. The zero-order chi connectivity index (χ0) is 17.9. The van der Waals surface area contributed by atoms with E-state index >= 15 is 0 Å². The van der Waals surface area contributed by atoms with Crippen LogP contribution in [0.4, 0.5) is 0 Å². The zero-order valence-corrected chi connectivity index (χ0v) is 16.8. The predicted molar refractivity (Wildman–Crippen MR) is 98.0 cm³/mol. The fourth-order valence-corrected chi connectivity index (χ4v) is 5.49. The van der Waals surface area contributed by atoms with Crippen molar-refractivity contribution >= 4 is 8.80 Å². The van der Waals surface area contributed by atoms with Crippen LogP contribution in [0.1, 0.15) is 48.0 Å². The van der Waals surface area contributed by atoms with Crippen LogP contribution in [0, 0.1) is 0 Å². The van der Waals surface area contributed by atoms with Crippen molar-refractivity contribution in [3.63, 3.8) is 0 Å². The maximum Gasteiger partial charge on any atom is 0.501 e. The normalized spacial score (nSPS) is 12.4. The lowest BCUT2D eigenvalue weighted by atomic mass is 10.4. The number of nitrogens with two attached hydrogens (primary N) is 1. The minimum absolute atomic E-state index is 0.0897. The highest BCUT2D eigenvalue weighted by Gasteiger charge is 2.43. The van der Waals surface area contributed by atoms with E-state index in [0.29, 0.717) is 5.82 Å². The molecule has 0 unspecified atom stereocenters. The first-order valence-corrected chi connectivity index (χ1v) is 10.5. The monoisotopic (exact) mass is 347 g/mol. The van der Waals surface area contributed by atoms with E-state index < -0.39 is 8.80 Å². The molecule has 6 nitrogen and oxygen atoms in total. The van der Waals surface area contributed by atoms with Gasteiger partial charge in [-0.2, -0.15) is 0 Å². The molecule has 0 aliphatic rings. The maximum absolute atomic E-state index is 6.14. The number of hydrogen-bond acceptors (Lipinski definition) is 6. The highest BCUT2D eigenvalue weighted by Crippen LogP contribution is 2.23. The summed E-state index contributed by atoms with van der Waals surface area (Å²) in [5.41, 5.74) is 5.45. The lowest BCUT2D eigenvalue weighted by molar-refractivity contribution is 0.00292. The molecule has 0 atom stereocenters. The van der Waals surface area contributed by atoms with Crippen LogP contribution in [-0.2, 0) is 13.3 Å². The van der Waals surface area contributed by atoms with Crippen molar-refractivity contribution in [1.82, 2.24) is 10.6 Å². The molecule has 0 aromatic rings. The number of nitrogens with one attached hydrogen (secondary N) is 2. The summed E-state index contributed by atoms with van der Waals surface area (Å²) in [6, 6.07) is 0.811. The van der Waals surface area contributed by atoms with Crippen molar-refractivity contribution < 1.29 is 13.3 Å². The Morgan fingerprint density at radius 1 is 0.913 bits per heavy atom. The van der Waals surface area contributed by atoms with E-state index in [-0.39, 0.29) is 18.3 Å². The Bertz CT molecular complexity index is 299. The van der Waals surface area contributed by atoms with E-state index in [1.165, 1.54) is 0 Å². The van der Waals surface area contributed by atoms with Crippen molar-refractivity contribution in [3.8, 4) is 0 Å². The average molecular weight is 348 g/mol. The molecule has 0 saturated heterocycles. The van der Waals surface area contributed by atoms with Gasteiger partial charge in [0.25, 0.3) is 0 Å². The van der Waals surface area contributed by atoms with Gasteiger partial charge in [-0.3, -0.25) is 0 Å². The highest BCUT2D eigenvalue weighted by atomic mass is 28.4. The summed E-state index contributed by atoms with van der Waals surface area (Å²) in [5, 5.41) is 6.36. The Balaban J connectivity index is 4.40. The Kier molecular flexibility index (Phi) is 11.5. The molecule has 23 heavy (non-hydrogen) atoms. The van der Waals surface area contributed by atoms with Gasteiger partial charge in [0.2, 0.25) is 0 Å². The molecule has 0 aromatic carbocycles. The molecule has 0 saturated carbocycles. The molecule has 0 bridgehead atoms. The van der Waals surface area contributed by atoms with E-state index in [1.807, 2.05) is 41.5 Å². The van der Waals surface area contributed by atoms with Gasteiger partial charge in [0, 0.05) is 37.4 Å². The molecule has 4 N–H and O–H groups in total. The van der Waals surface area contributed by atoms with Crippen molar-refractivity contribution in [1.29, 1.82) is 0 Å². The predicted octanol–water partition coefficient (Wildman–Crippen LogP) is 2.20. The van der Waals surface area contributed by atoms with Gasteiger partial charge in [-0.1, -0.05) is 6.58 Å². The van der Waals surface area contributed by atoms with Gasteiger partial charge in [-0.05, 0) is 54.5 Å². The minimum atomic E-state index is -2.66. The molecular formula is C16H37N3O3Si. The lowest BCUT2D eigenvalue weighted by Crippen LogP contribution is -2.51. The van der Waals surface area contributed by atoms with Crippen LogP contribution in [0.5, 0.6) is 0 Å². The van der Waals surface area contributed by atoms with E-state index in [2.05, 4.69) is 17.2 Å². The van der Waals surface area contributed by atoms with Gasteiger partial charge in [-0.15, -0.1) is 0 Å². The van der Waals surface area contributed by atoms with Crippen molar-refractivity contribution in [2.24, 2.45) is 5.73 Å². The molecule has 0 radical (unpaired) electrons. The first-order valence-electron chi connectivity index (χ1n) is 8.59. The first kappa shape index (κ1) is 22.4. The molecule has 7 heteroatoms. The van der Waals surface area contributed by atoms with Gasteiger partial charge >= 0.3 is 8.80 Å². The summed E-state index contributed by atoms with van der Waals surface area (Å²) in [7, 11) is -2.66. The van der Waals surface area contributed by atoms with Crippen molar-refractivity contribution in [2.75, 3.05) is 19.6 Å². The topological polar surface area (TPSA) is 77.8 Å². The van der Waals surface area contributed by atoms with E-state index in [9.17, 15) is 0 Å². The summed E-state index contributed by atoms with van der Waals surface area (Å²) in [6.45, 7) is 18.3. The van der Waals surface area contributed by atoms with E-state index in [0.717, 1.165) is 32.1 Å².